The lowest BCUT2D eigenvalue weighted by molar-refractivity contribution is 0.0428. The summed E-state index contributed by atoms with van der Waals surface area (Å²) in [5.41, 5.74) is -0.807. The Kier molecular flexibility index (Phi) is 10.0. The van der Waals surface area contributed by atoms with Crippen LogP contribution in [0.3, 0.4) is 0 Å². The second-order valence-corrected chi connectivity index (χ2v) is 14.3. The van der Waals surface area contributed by atoms with Crippen LogP contribution in [0.5, 0.6) is 0 Å². The van der Waals surface area contributed by atoms with Crippen molar-refractivity contribution in [3.05, 3.63) is 36.2 Å². The molecule has 2 amide bonds. The molecule has 0 fully saturated rings. The van der Waals surface area contributed by atoms with Gasteiger partial charge in [0.1, 0.15) is 11.2 Å². The highest BCUT2D eigenvalue weighted by molar-refractivity contribution is 14.2. The minimum absolute atomic E-state index is 0.0391. The molecule has 0 saturated heterocycles. The first-order chi connectivity index (χ1) is 17.0. The number of ether oxygens (including phenoxy) is 2. The normalized spacial score (nSPS) is 11.9. The van der Waals surface area contributed by atoms with Crippen LogP contribution in [0.4, 0.5) is 15.4 Å². The first-order valence-electron chi connectivity index (χ1n) is 11.2. The topological polar surface area (TPSA) is 116 Å². The van der Waals surface area contributed by atoms with E-state index in [1.165, 1.54) is 27.3 Å². The summed E-state index contributed by atoms with van der Waals surface area (Å²) in [5.74, 6) is 2.67. The molecular weight excluding hydrogens is 629 g/mol. The van der Waals surface area contributed by atoms with Crippen molar-refractivity contribution < 1.29 is 27.5 Å². The SMILES string of the molecule is CC(C)S(=O)(=O)c1ccc(-c2cnc(N(C(=O)OC(C)(C)C)C(=O)OC(C)(C)C)c(C#CSI)n2)cc1. The third-order valence-corrected chi connectivity index (χ3v) is 7.43. The molecule has 1 aromatic heterocycles. The van der Waals surface area contributed by atoms with Crippen molar-refractivity contribution in [2.45, 2.75) is 76.7 Å². The van der Waals surface area contributed by atoms with Gasteiger partial charge in [0.15, 0.2) is 21.3 Å². The number of carbonyl (C=O) groups excluding carboxylic acids is 2. The lowest BCUT2D eigenvalue weighted by atomic mass is 10.1. The number of nitrogens with zero attached hydrogens (tertiary/aromatic N) is 3. The van der Waals surface area contributed by atoms with Gasteiger partial charge in [-0.05, 0) is 87.6 Å². The number of imide groups is 1. The Morgan fingerprint density at radius 2 is 1.51 bits per heavy atom. The molecule has 9 nitrogen and oxygen atoms in total. The van der Waals surface area contributed by atoms with Crippen molar-refractivity contribution in [3.63, 3.8) is 0 Å². The lowest BCUT2D eigenvalue weighted by Crippen LogP contribution is -2.44. The molecule has 37 heavy (non-hydrogen) atoms. The highest BCUT2D eigenvalue weighted by Gasteiger charge is 2.35. The van der Waals surface area contributed by atoms with Gasteiger partial charge >= 0.3 is 12.2 Å². The maximum Gasteiger partial charge on any atom is 0.425 e. The van der Waals surface area contributed by atoms with Crippen LogP contribution in [-0.4, -0.2) is 47.0 Å². The smallest absolute Gasteiger partial charge is 0.425 e. The fourth-order valence-electron chi connectivity index (χ4n) is 2.79. The van der Waals surface area contributed by atoms with Crippen LogP contribution in [0.25, 0.3) is 11.3 Å². The van der Waals surface area contributed by atoms with Gasteiger partial charge in [0.2, 0.25) is 0 Å². The van der Waals surface area contributed by atoms with Gasteiger partial charge in [0.25, 0.3) is 0 Å². The highest BCUT2D eigenvalue weighted by atomic mass is 127. The van der Waals surface area contributed by atoms with E-state index in [9.17, 15) is 18.0 Å². The van der Waals surface area contributed by atoms with E-state index in [1.54, 1.807) is 67.5 Å². The number of rotatable bonds is 4. The molecule has 1 heterocycles. The summed E-state index contributed by atoms with van der Waals surface area (Å²) in [6, 6.07) is 6.23. The van der Waals surface area contributed by atoms with Crippen LogP contribution in [0.1, 0.15) is 61.1 Å². The Bertz CT molecular complexity index is 1290. The minimum Gasteiger partial charge on any atom is -0.443 e. The molecule has 0 aliphatic carbocycles. The molecule has 0 atom stereocenters. The van der Waals surface area contributed by atoms with Crippen molar-refractivity contribution >= 4 is 58.0 Å². The second kappa shape index (κ2) is 12.0. The van der Waals surface area contributed by atoms with Gasteiger partial charge in [0, 0.05) is 26.8 Å². The summed E-state index contributed by atoms with van der Waals surface area (Å²) in [7, 11) is -2.25. The Morgan fingerprint density at radius 1 is 1.00 bits per heavy atom. The van der Waals surface area contributed by atoms with Gasteiger partial charge in [-0.25, -0.2) is 28.0 Å². The number of amides is 2. The zero-order valence-corrected chi connectivity index (χ0v) is 25.7. The summed E-state index contributed by atoms with van der Waals surface area (Å²) >= 11 is 1.98. The number of benzene rings is 1. The molecule has 1 aromatic carbocycles. The maximum absolute atomic E-state index is 13.1. The molecule has 0 unspecified atom stereocenters. The van der Waals surface area contributed by atoms with E-state index in [2.05, 4.69) is 21.1 Å². The average molecular weight is 660 g/mol. The number of sulfone groups is 1. The molecule has 0 saturated carbocycles. The van der Waals surface area contributed by atoms with Gasteiger partial charge in [-0.15, -0.1) is 0 Å². The second-order valence-electron chi connectivity index (χ2n) is 10.1. The molecule has 0 aliphatic heterocycles. The largest absolute Gasteiger partial charge is 0.443 e. The van der Waals surface area contributed by atoms with Gasteiger partial charge in [-0.1, -0.05) is 12.1 Å². The van der Waals surface area contributed by atoms with E-state index >= 15 is 0 Å². The molecule has 0 aliphatic rings. The van der Waals surface area contributed by atoms with E-state index in [1.807, 2.05) is 21.2 Å². The summed E-state index contributed by atoms with van der Waals surface area (Å²) in [6.07, 6.45) is -0.611. The van der Waals surface area contributed by atoms with Crippen LogP contribution in [0.15, 0.2) is 35.4 Å². The van der Waals surface area contributed by atoms with Crippen molar-refractivity contribution in [3.8, 4) is 22.4 Å². The van der Waals surface area contributed by atoms with Crippen molar-refractivity contribution in [2.75, 3.05) is 4.90 Å². The first kappa shape index (κ1) is 30.9. The zero-order valence-electron chi connectivity index (χ0n) is 21.9. The Balaban J connectivity index is 2.63. The van der Waals surface area contributed by atoms with Crippen LogP contribution < -0.4 is 4.90 Å². The van der Waals surface area contributed by atoms with E-state index in [-0.39, 0.29) is 16.4 Å². The molecule has 0 bridgehead atoms. The number of halogens is 1. The molecule has 2 aromatic rings. The predicted molar refractivity (Wildman–Crippen MR) is 153 cm³/mol. The first-order valence-corrected chi connectivity index (χ1v) is 16.1. The Hall–Kier alpha value is -2.37. The van der Waals surface area contributed by atoms with E-state index in [0.717, 1.165) is 0 Å². The summed E-state index contributed by atoms with van der Waals surface area (Å²) < 4.78 is 35.8. The number of hydrogen-bond donors (Lipinski definition) is 0. The van der Waals surface area contributed by atoms with Gasteiger partial charge in [-0.2, -0.15) is 4.90 Å². The minimum atomic E-state index is -3.43. The third-order valence-electron chi connectivity index (χ3n) is 4.42. The number of anilines is 1. The van der Waals surface area contributed by atoms with E-state index < -0.39 is 38.5 Å². The highest BCUT2D eigenvalue weighted by Crippen LogP contribution is 2.27. The molecule has 0 spiro atoms. The van der Waals surface area contributed by atoms with Crippen molar-refractivity contribution in [2.24, 2.45) is 0 Å². The molecule has 0 N–H and O–H groups in total. The van der Waals surface area contributed by atoms with Crippen LogP contribution in [0, 0.1) is 11.2 Å². The van der Waals surface area contributed by atoms with Crippen LogP contribution >= 0.6 is 30.1 Å². The summed E-state index contributed by atoms with van der Waals surface area (Å²) in [4.78, 5) is 35.9. The summed E-state index contributed by atoms with van der Waals surface area (Å²) in [5, 5.41) is 2.24. The number of carbonyl (C=O) groups is 2. The number of aromatic nitrogens is 2. The fourth-order valence-corrected chi connectivity index (χ4v) is 4.31. The van der Waals surface area contributed by atoms with E-state index in [0.29, 0.717) is 16.2 Å². The van der Waals surface area contributed by atoms with Crippen molar-refractivity contribution in [1.82, 2.24) is 9.97 Å². The Labute approximate surface area is 234 Å². The number of hydrogen-bond acceptors (Lipinski definition) is 9. The maximum atomic E-state index is 13.1. The van der Waals surface area contributed by atoms with E-state index in [4.69, 9.17) is 9.47 Å². The fraction of sp³-hybridized carbons (Fsp3) is 0.440. The van der Waals surface area contributed by atoms with Crippen molar-refractivity contribution in [1.29, 1.82) is 0 Å². The zero-order chi connectivity index (χ0) is 28.2. The average Bonchev–Trinajstić information content (AvgIpc) is 2.76. The molecular formula is C25H30IN3O6S2. The molecule has 2 rings (SSSR count). The van der Waals surface area contributed by atoms with Gasteiger partial charge in [-0.3, -0.25) is 0 Å². The standard InChI is InChI=1S/C25H30IN3O6S2/c1-16(2)37(32,33)18-11-9-17(10-12-18)20-15-27-21(19(28-20)13-14-36-26)29(22(30)34-24(3,4)5)23(31)35-25(6,7)8/h9-12,15-16H,1-8H3. The lowest BCUT2D eigenvalue weighted by Gasteiger charge is -2.28. The van der Waals surface area contributed by atoms with Crippen LogP contribution in [-0.2, 0) is 19.3 Å². The van der Waals surface area contributed by atoms with Crippen LogP contribution in [0.2, 0.25) is 0 Å². The molecule has 0 radical (unpaired) electrons. The van der Waals surface area contributed by atoms with Gasteiger partial charge < -0.3 is 9.47 Å². The Morgan fingerprint density at radius 3 is 1.95 bits per heavy atom. The monoisotopic (exact) mass is 659 g/mol. The quantitative estimate of drug-likeness (QED) is 0.272. The molecule has 200 valence electrons. The summed E-state index contributed by atoms with van der Waals surface area (Å²) in [6.45, 7) is 13.3. The third kappa shape index (κ3) is 8.58. The predicted octanol–water partition coefficient (Wildman–Crippen LogP) is 6.39. The van der Waals surface area contributed by atoms with Gasteiger partial charge in [0.05, 0.1) is 22.0 Å². The molecule has 12 heteroatoms.